The summed E-state index contributed by atoms with van der Waals surface area (Å²) in [6.07, 6.45) is 4.24. The second-order valence-corrected chi connectivity index (χ2v) is 5.46. The van der Waals surface area contributed by atoms with Crippen molar-refractivity contribution in [2.24, 2.45) is 5.92 Å². The summed E-state index contributed by atoms with van der Waals surface area (Å²) in [7, 11) is 0. The van der Waals surface area contributed by atoms with Crippen LogP contribution in [0.3, 0.4) is 0 Å². The highest BCUT2D eigenvalue weighted by Gasteiger charge is 2.32. The fourth-order valence-corrected chi connectivity index (χ4v) is 2.64. The van der Waals surface area contributed by atoms with E-state index in [1.807, 2.05) is 0 Å². The molecule has 0 aliphatic heterocycles. The summed E-state index contributed by atoms with van der Waals surface area (Å²) in [6, 6.07) is 5.97. The zero-order valence-electron chi connectivity index (χ0n) is 11.6. The van der Waals surface area contributed by atoms with Gasteiger partial charge < -0.3 is 10.4 Å². The van der Waals surface area contributed by atoms with Crippen LogP contribution in [0.1, 0.15) is 29.6 Å². The number of amides is 1. The van der Waals surface area contributed by atoms with Gasteiger partial charge in [0.05, 0.1) is 11.1 Å². The van der Waals surface area contributed by atoms with Gasteiger partial charge in [-0.25, -0.2) is 4.39 Å². The number of fused-ring (bicyclic) bond motifs is 1. The third-order valence-corrected chi connectivity index (χ3v) is 3.86. The number of nitrogens with one attached hydrogen (secondary N) is 1. The molecule has 110 valence electrons. The smallest absolute Gasteiger partial charge is 0.253 e. The van der Waals surface area contributed by atoms with Gasteiger partial charge in [-0.15, -0.1) is 0 Å². The standard InChI is InChI=1S/C16H17FN2O2/c17-12-8-11-2-1-6-18-15(11)13(9-12)16(21)19-14(5-7-20)10-3-4-10/h1-2,6,8-10,14,20H,3-5,7H2,(H,19,21). The maximum Gasteiger partial charge on any atom is 0.253 e. The Kier molecular flexibility index (Phi) is 3.84. The Morgan fingerprint density at radius 1 is 1.48 bits per heavy atom. The lowest BCUT2D eigenvalue weighted by molar-refractivity contribution is 0.0925. The molecule has 1 heterocycles. The SMILES string of the molecule is O=C(NC(CCO)C1CC1)c1cc(F)cc2cccnc12. The molecule has 2 N–H and O–H groups in total. The Bertz CT molecular complexity index is 670. The second kappa shape index (κ2) is 5.77. The van der Waals surface area contributed by atoms with Crippen LogP contribution < -0.4 is 5.32 Å². The summed E-state index contributed by atoms with van der Waals surface area (Å²) >= 11 is 0. The van der Waals surface area contributed by atoms with E-state index < -0.39 is 5.82 Å². The second-order valence-electron chi connectivity index (χ2n) is 5.46. The molecule has 5 heteroatoms. The quantitative estimate of drug-likeness (QED) is 0.887. The molecule has 1 aliphatic carbocycles. The molecule has 2 aromatic rings. The lowest BCUT2D eigenvalue weighted by Gasteiger charge is -2.17. The van der Waals surface area contributed by atoms with Gasteiger partial charge in [0.25, 0.3) is 5.91 Å². The summed E-state index contributed by atoms with van der Waals surface area (Å²) in [4.78, 5) is 16.6. The number of aliphatic hydroxyl groups excluding tert-OH is 1. The van der Waals surface area contributed by atoms with E-state index in [0.717, 1.165) is 12.8 Å². The molecule has 4 nitrogen and oxygen atoms in total. The van der Waals surface area contributed by atoms with Crippen molar-refractivity contribution in [1.82, 2.24) is 10.3 Å². The zero-order valence-corrected chi connectivity index (χ0v) is 11.6. The van der Waals surface area contributed by atoms with Crippen molar-refractivity contribution in [2.45, 2.75) is 25.3 Å². The topological polar surface area (TPSA) is 62.2 Å². The lowest BCUT2D eigenvalue weighted by atomic mass is 10.1. The summed E-state index contributed by atoms with van der Waals surface area (Å²) < 4.78 is 13.7. The summed E-state index contributed by atoms with van der Waals surface area (Å²) in [6.45, 7) is 0.0313. The third kappa shape index (κ3) is 3.03. The predicted molar refractivity (Wildman–Crippen MR) is 77.4 cm³/mol. The van der Waals surface area contributed by atoms with E-state index in [1.165, 1.54) is 12.1 Å². The van der Waals surface area contributed by atoms with Crippen LogP contribution in [0.25, 0.3) is 10.9 Å². The predicted octanol–water partition coefficient (Wildman–Crippen LogP) is 2.26. The molecule has 1 unspecified atom stereocenters. The van der Waals surface area contributed by atoms with Gasteiger partial charge in [0.2, 0.25) is 0 Å². The molecule has 3 rings (SSSR count). The van der Waals surface area contributed by atoms with Crippen LogP contribution >= 0.6 is 0 Å². The highest BCUT2D eigenvalue weighted by Crippen LogP contribution is 2.34. The lowest BCUT2D eigenvalue weighted by Crippen LogP contribution is -2.37. The minimum absolute atomic E-state index is 0.0313. The van der Waals surface area contributed by atoms with Crippen molar-refractivity contribution in [3.05, 3.63) is 41.8 Å². The van der Waals surface area contributed by atoms with Crippen LogP contribution in [0.15, 0.2) is 30.5 Å². The van der Waals surface area contributed by atoms with Crippen LogP contribution in [0.5, 0.6) is 0 Å². The molecule has 0 radical (unpaired) electrons. The molecule has 1 saturated carbocycles. The van der Waals surface area contributed by atoms with Crippen LogP contribution in [0.4, 0.5) is 4.39 Å². The summed E-state index contributed by atoms with van der Waals surface area (Å²) in [5, 5.41) is 12.6. The van der Waals surface area contributed by atoms with Crippen LogP contribution in [-0.4, -0.2) is 28.6 Å². The number of halogens is 1. The number of carbonyl (C=O) groups is 1. The molecule has 0 saturated heterocycles. The van der Waals surface area contributed by atoms with Crippen molar-refractivity contribution in [3.8, 4) is 0 Å². The molecule has 21 heavy (non-hydrogen) atoms. The number of carbonyl (C=O) groups excluding carboxylic acids is 1. The average molecular weight is 288 g/mol. The number of hydrogen-bond acceptors (Lipinski definition) is 3. The highest BCUT2D eigenvalue weighted by atomic mass is 19.1. The van der Waals surface area contributed by atoms with Gasteiger partial charge in [-0.3, -0.25) is 9.78 Å². The maximum atomic E-state index is 13.7. The first kappa shape index (κ1) is 13.9. The van der Waals surface area contributed by atoms with Gasteiger partial charge in [-0.2, -0.15) is 0 Å². The number of benzene rings is 1. The van der Waals surface area contributed by atoms with E-state index in [4.69, 9.17) is 5.11 Å². The van der Waals surface area contributed by atoms with Gasteiger partial charge in [0.15, 0.2) is 0 Å². The van der Waals surface area contributed by atoms with Crippen LogP contribution in [0.2, 0.25) is 0 Å². The van der Waals surface area contributed by atoms with E-state index in [2.05, 4.69) is 10.3 Å². The number of aromatic nitrogens is 1. The molecule has 1 atom stereocenters. The van der Waals surface area contributed by atoms with Gasteiger partial charge in [-0.05, 0) is 43.4 Å². The first-order valence-corrected chi connectivity index (χ1v) is 7.15. The van der Waals surface area contributed by atoms with Crippen LogP contribution in [-0.2, 0) is 0 Å². The summed E-state index contributed by atoms with van der Waals surface area (Å²) in [5.74, 6) is -0.358. The third-order valence-electron chi connectivity index (χ3n) is 3.86. The van der Waals surface area contributed by atoms with Crippen molar-refractivity contribution in [1.29, 1.82) is 0 Å². The minimum Gasteiger partial charge on any atom is -0.396 e. The Morgan fingerprint density at radius 2 is 2.29 bits per heavy atom. The molecule has 1 aliphatic rings. The fourth-order valence-electron chi connectivity index (χ4n) is 2.64. The van der Waals surface area contributed by atoms with Crippen molar-refractivity contribution < 1.29 is 14.3 Å². The maximum absolute atomic E-state index is 13.7. The van der Waals surface area contributed by atoms with Crippen LogP contribution in [0, 0.1) is 11.7 Å². The van der Waals surface area contributed by atoms with E-state index in [0.29, 0.717) is 23.2 Å². The number of aliphatic hydroxyl groups is 1. The monoisotopic (exact) mass is 288 g/mol. The molecule has 1 aromatic heterocycles. The molecule has 1 fully saturated rings. The Labute approximate surface area is 122 Å². The number of rotatable bonds is 5. The number of nitrogens with zero attached hydrogens (tertiary/aromatic N) is 1. The summed E-state index contributed by atoms with van der Waals surface area (Å²) in [5.41, 5.74) is 0.740. The van der Waals surface area contributed by atoms with Crippen molar-refractivity contribution in [3.63, 3.8) is 0 Å². The van der Waals surface area contributed by atoms with Gasteiger partial charge in [0.1, 0.15) is 5.82 Å². The average Bonchev–Trinajstić information content (AvgIpc) is 3.30. The number of hydrogen-bond donors (Lipinski definition) is 2. The molecule has 0 spiro atoms. The highest BCUT2D eigenvalue weighted by molar-refractivity contribution is 6.05. The first-order valence-electron chi connectivity index (χ1n) is 7.15. The van der Waals surface area contributed by atoms with Gasteiger partial charge >= 0.3 is 0 Å². The van der Waals surface area contributed by atoms with Gasteiger partial charge in [-0.1, -0.05) is 6.07 Å². The molecule has 1 aromatic carbocycles. The Hall–Kier alpha value is -2.01. The molecular weight excluding hydrogens is 271 g/mol. The molecular formula is C16H17FN2O2. The van der Waals surface area contributed by atoms with E-state index >= 15 is 0 Å². The largest absolute Gasteiger partial charge is 0.396 e. The van der Waals surface area contributed by atoms with Crippen molar-refractivity contribution in [2.75, 3.05) is 6.61 Å². The van der Waals surface area contributed by atoms with Gasteiger partial charge in [0, 0.05) is 24.2 Å². The minimum atomic E-state index is -0.453. The van der Waals surface area contributed by atoms with E-state index in [1.54, 1.807) is 18.3 Å². The molecule has 0 bridgehead atoms. The normalized spacial score (nSPS) is 15.9. The van der Waals surface area contributed by atoms with E-state index in [9.17, 15) is 9.18 Å². The zero-order chi connectivity index (χ0) is 14.8. The first-order chi connectivity index (χ1) is 10.2. The van der Waals surface area contributed by atoms with E-state index in [-0.39, 0.29) is 24.1 Å². The fraction of sp³-hybridized carbons (Fsp3) is 0.375. The number of pyridine rings is 1. The Morgan fingerprint density at radius 3 is 3.00 bits per heavy atom. The molecule has 1 amide bonds. The van der Waals surface area contributed by atoms with Crippen molar-refractivity contribution >= 4 is 16.8 Å². The Balaban J connectivity index is 1.90.